The molecule has 1 aliphatic rings. The van der Waals surface area contributed by atoms with Gasteiger partial charge in [0.05, 0.1) is 6.04 Å². The van der Waals surface area contributed by atoms with E-state index >= 15 is 0 Å². The summed E-state index contributed by atoms with van der Waals surface area (Å²) in [6.07, 6.45) is 7.81. The Hall–Kier alpha value is -4.08. The normalized spacial score (nSPS) is 14.9. The van der Waals surface area contributed by atoms with Crippen molar-refractivity contribution >= 4 is 23.8 Å². The molecule has 0 N–H and O–H groups in total. The third-order valence-corrected chi connectivity index (χ3v) is 12.8. The van der Waals surface area contributed by atoms with E-state index in [0.29, 0.717) is 37.4 Å². The molecule has 8 nitrogen and oxygen atoms in total. The van der Waals surface area contributed by atoms with Gasteiger partial charge in [-0.2, -0.15) is 0 Å². The van der Waals surface area contributed by atoms with Crippen LogP contribution in [-0.2, 0) is 4.52 Å². The van der Waals surface area contributed by atoms with Gasteiger partial charge in [-0.25, -0.2) is 9.49 Å². The number of benzene rings is 4. The minimum Gasteiger partial charge on any atom is -0.428 e. The van der Waals surface area contributed by atoms with Crippen LogP contribution in [0.15, 0.2) is 159 Å². The molecule has 0 saturated heterocycles. The van der Waals surface area contributed by atoms with Gasteiger partial charge in [-0.15, -0.1) is 4.52 Å². The van der Waals surface area contributed by atoms with Crippen molar-refractivity contribution in [2.24, 2.45) is 14.0 Å². The van der Waals surface area contributed by atoms with Crippen LogP contribution >= 0.6 is 23.8 Å². The van der Waals surface area contributed by atoms with E-state index in [1.807, 2.05) is 154 Å². The highest BCUT2D eigenvalue weighted by molar-refractivity contribution is 7.68. The second-order valence-electron chi connectivity index (χ2n) is 10.5. The zero-order chi connectivity index (χ0) is 32.1. The first-order chi connectivity index (χ1) is 22.4. The molecule has 0 amide bonds. The molecule has 0 fully saturated rings. The Morgan fingerprint density at radius 3 is 1.59 bits per heavy atom. The average Bonchev–Trinajstić information content (AvgIpc) is 3.06. The van der Waals surface area contributed by atoms with Gasteiger partial charge in [0.15, 0.2) is 5.78 Å². The maximum Gasteiger partial charge on any atom is 0.449 e. The van der Waals surface area contributed by atoms with Crippen LogP contribution in [-0.4, -0.2) is 11.8 Å². The molecule has 4 aromatic rings. The molecule has 0 spiro atoms. The molecule has 2 atom stereocenters. The van der Waals surface area contributed by atoms with Gasteiger partial charge in [0.1, 0.15) is 28.8 Å². The van der Waals surface area contributed by atoms with E-state index in [1.165, 1.54) is 0 Å². The molecule has 4 aromatic carbocycles. The summed E-state index contributed by atoms with van der Waals surface area (Å²) in [6.45, 7) is 5.86. The summed E-state index contributed by atoms with van der Waals surface area (Å²) in [7, 11) is -6.71. The van der Waals surface area contributed by atoms with E-state index in [9.17, 15) is 0 Å². The first-order valence-electron chi connectivity index (χ1n) is 15.1. The van der Waals surface area contributed by atoms with E-state index in [2.05, 4.69) is 6.08 Å². The van der Waals surface area contributed by atoms with E-state index in [4.69, 9.17) is 36.6 Å². The summed E-state index contributed by atoms with van der Waals surface area (Å²) in [4.78, 5) is 0. The first kappa shape index (κ1) is 33.3. The fourth-order valence-electron chi connectivity index (χ4n) is 4.22. The lowest BCUT2D eigenvalue weighted by atomic mass is 10.2. The van der Waals surface area contributed by atoms with E-state index in [0.717, 1.165) is 12.8 Å². The highest BCUT2D eigenvalue weighted by Crippen LogP contribution is 2.68. The molecular formula is C35H38N3O5P3. The van der Waals surface area contributed by atoms with Crippen LogP contribution in [0.5, 0.6) is 23.0 Å². The number of rotatable bonds is 14. The van der Waals surface area contributed by atoms with Gasteiger partial charge in [0.2, 0.25) is 8.60 Å². The second-order valence-corrected chi connectivity index (χ2v) is 15.6. The summed E-state index contributed by atoms with van der Waals surface area (Å²) >= 11 is 0. The fraction of sp³-hybridized carbons (Fsp3) is 0.200. The molecule has 0 radical (unpaired) electrons. The van der Waals surface area contributed by atoms with Crippen LogP contribution in [0.4, 0.5) is 0 Å². The Kier molecular flexibility index (Phi) is 11.9. The van der Waals surface area contributed by atoms with Crippen molar-refractivity contribution in [3.05, 3.63) is 145 Å². The largest absolute Gasteiger partial charge is 0.449 e. The van der Waals surface area contributed by atoms with Crippen LogP contribution in [0.25, 0.3) is 0 Å². The minimum atomic E-state index is -3.56. The van der Waals surface area contributed by atoms with Crippen LogP contribution in [0, 0.1) is 0 Å². The van der Waals surface area contributed by atoms with Gasteiger partial charge in [-0.05, 0) is 94.3 Å². The van der Waals surface area contributed by atoms with Crippen LogP contribution < -0.4 is 18.1 Å². The number of nitrogens with zero attached hydrogens (tertiary/aromatic N) is 3. The minimum absolute atomic E-state index is 0.198. The molecule has 0 aliphatic heterocycles. The molecule has 5 rings (SSSR count). The topological polar surface area (TPSA) is 83.2 Å². The van der Waals surface area contributed by atoms with Crippen molar-refractivity contribution in [3.63, 3.8) is 0 Å². The number of para-hydroxylation sites is 4. The quantitative estimate of drug-likeness (QED) is 0.124. The zero-order valence-electron chi connectivity index (χ0n) is 26.1. The van der Waals surface area contributed by atoms with E-state index < -0.39 is 21.0 Å². The first-order valence-corrected chi connectivity index (χ1v) is 19.1. The lowest BCUT2D eigenvalue weighted by molar-refractivity contribution is 0.395. The van der Waals surface area contributed by atoms with E-state index in [-0.39, 0.29) is 6.04 Å². The summed E-state index contributed by atoms with van der Waals surface area (Å²) < 4.78 is 48.6. The van der Waals surface area contributed by atoms with Gasteiger partial charge in [0, 0.05) is 0 Å². The second kappa shape index (κ2) is 16.5. The molecule has 1 aliphatic carbocycles. The Morgan fingerprint density at radius 2 is 1.11 bits per heavy atom. The molecule has 11 heteroatoms. The van der Waals surface area contributed by atoms with Crippen molar-refractivity contribution in [2.75, 3.05) is 0 Å². The van der Waals surface area contributed by atoms with Gasteiger partial charge in [0.25, 0.3) is 0 Å². The van der Waals surface area contributed by atoms with Gasteiger partial charge in [-0.3, -0.25) is 0 Å². The van der Waals surface area contributed by atoms with Crippen molar-refractivity contribution in [2.45, 2.75) is 45.4 Å². The third kappa shape index (κ3) is 9.71. The average molecular weight is 674 g/mol. The van der Waals surface area contributed by atoms with Crippen molar-refractivity contribution in [3.8, 4) is 23.0 Å². The monoisotopic (exact) mass is 673 g/mol. The predicted molar refractivity (Wildman–Crippen MR) is 188 cm³/mol. The van der Waals surface area contributed by atoms with Gasteiger partial charge in [-0.1, -0.05) is 78.9 Å². The number of allylic oxidation sites excluding steroid dienone is 3. The smallest absolute Gasteiger partial charge is 0.428 e. The molecule has 238 valence electrons. The molecule has 0 bridgehead atoms. The van der Waals surface area contributed by atoms with Crippen molar-refractivity contribution in [1.29, 1.82) is 0 Å². The lowest BCUT2D eigenvalue weighted by Crippen LogP contribution is -2.13. The predicted octanol–water partition coefficient (Wildman–Crippen LogP) is 12.3. The molecule has 0 saturated carbocycles. The molecule has 2 unspecified atom stereocenters. The highest BCUT2D eigenvalue weighted by Gasteiger charge is 2.41. The number of hydrogen-bond donors (Lipinski definition) is 0. The summed E-state index contributed by atoms with van der Waals surface area (Å²) in [5.74, 6) is 2.39. The summed E-state index contributed by atoms with van der Waals surface area (Å²) in [5.41, 5.74) is 0. The Morgan fingerprint density at radius 1 is 0.609 bits per heavy atom. The molecular weight excluding hydrogens is 635 g/mol. The SMILES string of the molecule is CC(C)N=P(N=P(Oc1ccccc1)(Oc1ccccc1)C(C)N=POc1ccccc1)(OC1=CCCC=C1)Oc1ccccc1. The van der Waals surface area contributed by atoms with Crippen molar-refractivity contribution in [1.82, 2.24) is 0 Å². The summed E-state index contributed by atoms with van der Waals surface area (Å²) in [5, 5.41) is 0. The highest BCUT2D eigenvalue weighted by atomic mass is 31.2. The number of hydrogen-bond acceptors (Lipinski definition) is 7. The maximum atomic E-state index is 6.87. The summed E-state index contributed by atoms with van der Waals surface area (Å²) in [6, 6.07) is 37.7. The molecule has 0 aromatic heterocycles. The van der Waals surface area contributed by atoms with Crippen molar-refractivity contribution < 1.29 is 22.6 Å². The Bertz CT molecular complexity index is 1690. The fourth-order valence-corrected chi connectivity index (χ4v) is 10.6. The maximum absolute atomic E-state index is 6.87. The van der Waals surface area contributed by atoms with Crippen LogP contribution in [0.3, 0.4) is 0 Å². The van der Waals surface area contributed by atoms with Gasteiger partial charge < -0.3 is 22.6 Å². The van der Waals surface area contributed by atoms with Gasteiger partial charge >= 0.3 is 15.2 Å². The zero-order valence-corrected chi connectivity index (χ0v) is 28.8. The lowest BCUT2D eigenvalue weighted by Gasteiger charge is -2.31. The van der Waals surface area contributed by atoms with Crippen LogP contribution in [0.2, 0.25) is 0 Å². The van der Waals surface area contributed by atoms with Crippen LogP contribution in [0.1, 0.15) is 33.6 Å². The molecule has 0 heterocycles. The molecule has 46 heavy (non-hydrogen) atoms. The standard InChI is InChI=1S/C35H38N3O5P3/c1-29(2)37-46(42-34-25-15-7-16-26-34,43-35-27-17-8-18-28-35)38-45(40-32-21-11-5-12-22-32,41-33-23-13-6-14-24-33)30(3)36-44-39-31-19-9-4-10-20-31/h4-7,9-17,19-30H,8,18H2,1-3H3. The Balaban J connectivity index is 1.74. The third-order valence-electron chi connectivity index (χ3n) is 6.30. The van der Waals surface area contributed by atoms with E-state index in [1.54, 1.807) is 0 Å². The Labute approximate surface area is 273 Å².